The number of rotatable bonds is 4. The number of nitrogens with zero attached hydrogens (tertiary/aromatic N) is 2. The third-order valence-electron chi connectivity index (χ3n) is 2.32. The van der Waals surface area contributed by atoms with Crippen molar-refractivity contribution in [3.05, 3.63) is 47.7 Å². The first kappa shape index (κ1) is 13.8. The van der Waals surface area contributed by atoms with E-state index < -0.39 is 5.91 Å². The van der Waals surface area contributed by atoms with Gasteiger partial charge in [-0.05, 0) is 30.3 Å². The first-order valence-electron chi connectivity index (χ1n) is 5.73. The Morgan fingerprint density at radius 2 is 2.30 bits per heavy atom. The molecule has 0 aliphatic rings. The number of anilines is 1. The SMILES string of the molecule is N#CCC(=O)Nc1cc(Cl)ccc1Oc1cccnc1. The fraction of sp³-hybridized carbons (Fsp3) is 0.0714. The molecule has 100 valence electrons. The van der Waals surface area contributed by atoms with Gasteiger partial charge < -0.3 is 10.1 Å². The minimum absolute atomic E-state index is 0.237. The molecule has 0 unspecified atom stereocenters. The second-order valence-corrected chi connectivity index (χ2v) is 4.25. The maximum atomic E-state index is 11.5. The number of pyridine rings is 1. The van der Waals surface area contributed by atoms with Gasteiger partial charge in [-0.25, -0.2) is 0 Å². The molecule has 1 aromatic carbocycles. The number of aromatic nitrogens is 1. The lowest BCUT2D eigenvalue weighted by atomic mass is 10.2. The smallest absolute Gasteiger partial charge is 0.238 e. The molecule has 0 fully saturated rings. The monoisotopic (exact) mass is 287 g/mol. The largest absolute Gasteiger partial charge is 0.454 e. The molecule has 1 N–H and O–H groups in total. The van der Waals surface area contributed by atoms with Crippen LogP contribution < -0.4 is 10.1 Å². The zero-order chi connectivity index (χ0) is 14.4. The normalized spacial score (nSPS) is 9.60. The summed E-state index contributed by atoms with van der Waals surface area (Å²) in [6.45, 7) is 0. The number of nitriles is 1. The Labute approximate surface area is 120 Å². The van der Waals surface area contributed by atoms with E-state index in [1.165, 1.54) is 0 Å². The molecular formula is C14H10ClN3O2. The number of carbonyl (C=O) groups is 1. The second kappa shape index (κ2) is 6.55. The molecule has 0 aliphatic heterocycles. The summed E-state index contributed by atoms with van der Waals surface area (Å²) in [6, 6.07) is 10.1. The van der Waals surface area contributed by atoms with Crippen LogP contribution in [0.15, 0.2) is 42.7 Å². The molecule has 0 aliphatic carbocycles. The topological polar surface area (TPSA) is 75.0 Å². The van der Waals surface area contributed by atoms with Crippen LogP contribution in [0.4, 0.5) is 5.69 Å². The highest BCUT2D eigenvalue weighted by atomic mass is 35.5. The van der Waals surface area contributed by atoms with Gasteiger partial charge in [-0.3, -0.25) is 9.78 Å². The minimum atomic E-state index is -0.425. The summed E-state index contributed by atoms with van der Waals surface area (Å²) in [5.41, 5.74) is 0.404. The van der Waals surface area contributed by atoms with Crippen molar-refractivity contribution in [2.75, 3.05) is 5.32 Å². The van der Waals surface area contributed by atoms with E-state index in [0.29, 0.717) is 22.2 Å². The number of benzene rings is 1. The van der Waals surface area contributed by atoms with Crippen molar-refractivity contribution in [3.8, 4) is 17.6 Å². The summed E-state index contributed by atoms with van der Waals surface area (Å²) in [5, 5.41) is 11.5. The average molecular weight is 288 g/mol. The van der Waals surface area contributed by atoms with Crippen LogP contribution in [0.3, 0.4) is 0 Å². The lowest BCUT2D eigenvalue weighted by Crippen LogP contribution is -2.10. The van der Waals surface area contributed by atoms with E-state index in [4.69, 9.17) is 21.6 Å². The van der Waals surface area contributed by atoms with Crippen LogP contribution in [0.25, 0.3) is 0 Å². The fourth-order valence-electron chi connectivity index (χ4n) is 1.49. The number of hydrogen-bond acceptors (Lipinski definition) is 4. The van der Waals surface area contributed by atoms with Crippen LogP contribution >= 0.6 is 11.6 Å². The summed E-state index contributed by atoms with van der Waals surface area (Å²) in [7, 11) is 0. The van der Waals surface area contributed by atoms with Crippen molar-refractivity contribution in [3.63, 3.8) is 0 Å². The molecule has 1 amide bonds. The average Bonchev–Trinajstić information content (AvgIpc) is 2.43. The molecule has 0 radical (unpaired) electrons. The third-order valence-corrected chi connectivity index (χ3v) is 2.55. The zero-order valence-corrected chi connectivity index (χ0v) is 11.1. The van der Waals surface area contributed by atoms with E-state index in [0.717, 1.165) is 0 Å². The third kappa shape index (κ3) is 3.70. The molecule has 0 bridgehead atoms. The Balaban J connectivity index is 2.24. The Morgan fingerprint density at radius 3 is 3.00 bits per heavy atom. The van der Waals surface area contributed by atoms with Crippen LogP contribution in [0.1, 0.15) is 6.42 Å². The van der Waals surface area contributed by atoms with Gasteiger partial charge in [0.25, 0.3) is 0 Å². The highest BCUT2D eigenvalue weighted by Crippen LogP contribution is 2.31. The van der Waals surface area contributed by atoms with Gasteiger partial charge in [0.05, 0.1) is 18.0 Å². The van der Waals surface area contributed by atoms with Gasteiger partial charge in [-0.15, -0.1) is 0 Å². The Morgan fingerprint density at radius 1 is 1.45 bits per heavy atom. The number of amides is 1. The van der Waals surface area contributed by atoms with E-state index in [2.05, 4.69) is 10.3 Å². The number of carbonyl (C=O) groups excluding carboxylic acids is 1. The summed E-state index contributed by atoms with van der Waals surface area (Å²) >= 11 is 5.90. The highest BCUT2D eigenvalue weighted by molar-refractivity contribution is 6.31. The van der Waals surface area contributed by atoms with Crippen LogP contribution in [-0.4, -0.2) is 10.9 Å². The van der Waals surface area contributed by atoms with Gasteiger partial charge >= 0.3 is 0 Å². The first-order chi connectivity index (χ1) is 9.69. The molecule has 5 nitrogen and oxygen atoms in total. The van der Waals surface area contributed by atoms with Gasteiger partial charge in [0.15, 0.2) is 5.75 Å². The van der Waals surface area contributed by atoms with E-state index in [-0.39, 0.29) is 6.42 Å². The maximum Gasteiger partial charge on any atom is 0.238 e. The predicted molar refractivity (Wildman–Crippen MR) is 74.6 cm³/mol. The minimum Gasteiger partial charge on any atom is -0.454 e. The van der Waals surface area contributed by atoms with Crippen LogP contribution in [-0.2, 0) is 4.79 Å². The van der Waals surface area contributed by atoms with Crippen molar-refractivity contribution in [1.82, 2.24) is 4.98 Å². The molecule has 0 spiro atoms. The maximum absolute atomic E-state index is 11.5. The molecular weight excluding hydrogens is 278 g/mol. The second-order valence-electron chi connectivity index (χ2n) is 3.81. The molecule has 0 atom stereocenters. The molecule has 1 aromatic heterocycles. The van der Waals surface area contributed by atoms with Crippen molar-refractivity contribution in [1.29, 1.82) is 5.26 Å². The van der Waals surface area contributed by atoms with Crippen LogP contribution in [0.5, 0.6) is 11.5 Å². The molecule has 0 saturated carbocycles. The summed E-state index contributed by atoms with van der Waals surface area (Å²) in [6.07, 6.45) is 2.94. The Bertz CT molecular complexity index is 653. The summed E-state index contributed by atoms with van der Waals surface area (Å²) in [5.74, 6) is 0.532. The number of halogens is 1. The number of nitrogens with one attached hydrogen (secondary N) is 1. The lowest BCUT2D eigenvalue weighted by molar-refractivity contribution is -0.115. The number of ether oxygens (including phenoxy) is 1. The quantitative estimate of drug-likeness (QED) is 0.935. The van der Waals surface area contributed by atoms with E-state index >= 15 is 0 Å². The zero-order valence-electron chi connectivity index (χ0n) is 10.3. The Hall–Kier alpha value is -2.58. The van der Waals surface area contributed by atoms with Crippen LogP contribution in [0, 0.1) is 11.3 Å². The van der Waals surface area contributed by atoms with Crippen molar-refractivity contribution < 1.29 is 9.53 Å². The van der Waals surface area contributed by atoms with Crippen LogP contribution in [0.2, 0.25) is 5.02 Å². The van der Waals surface area contributed by atoms with Crippen molar-refractivity contribution in [2.45, 2.75) is 6.42 Å². The van der Waals surface area contributed by atoms with Gasteiger partial charge in [-0.1, -0.05) is 11.6 Å². The van der Waals surface area contributed by atoms with E-state index in [9.17, 15) is 4.79 Å². The van der Waals surface area contributed by atoms with E-state index in [1.807, 2.05) is 0 Å². The first-order valence-corrected chi connectivity index (χ1v) is 6.11. The molecule has 0 saturated heterocycles. The fourth-order valence-corrected chi connectivity index (χ4v) is 1.66. The molecule has 1 heterocycles. The number of hydrogen-bond donors (Lipinski definition) is 1. The lowest BCUT2D eigenvalue weighted by Gasteiger charge is -2.11. The van der Waals surface area contributed by atoms with Gasteiger partial charge in [0.1, 0.15) is 12.2 Å². The summed E-state index contributed by atoms with van der Waals surface area (Å²) in [4.78, 5) is 15.4. The molecule has 2 aromatic rings. The molecule has 20 heavy (non-hydrogen) atoms. The van der Waals surface area contributed by atoms with Gasteiger partial charge in [0, 0.05) is 11.2 Å². The van der Waals surface area contributed by atoms with Crippen molar-refractivity contribution in [2.24, 2.45) is 0 Å². The predicted octanol–water partition coefficient (Wildman–Crippen LogP) is 3.38. The summed E-state index contributed by atoms with van der Waals surface area (Å²) < 4.78 is 5.62. The van der Waals surface area contributed by atoms with Gasteiger partial charge in [0.2, 0.25) is 5.91 Å². The highest BCUT2D eigenvalue weighted by Gasteiger charge is 2.09. The van der Waals surface area contributed by atoms with E-state index in [1.54, 1.807) is 48.8 Å². The van der Waals surface area contributed by atoms with Crippen molar-refractivity contribution >= 4 is 23.2 Å². The standard InChI is InChI=1S/C14H10ClN3O2/c15-10-3-4-13(20-11-2-1-7-17-9-11)12(8-10)18-14(19)5-6-16/h1-4,7-9H,5H2,(H,18,19). The Kier molecular flexibility index (Phi) is 4.53. The van der Waals surface area contributed by atoms with Gasteiger partial charge in [-0.2, -0.15) is 5.26 Å². The molecule has 2 rings (SSSR count). The molecule has 6 heteroatoms.